The molecule has 0 aliphatic carbocycles. The van der Waals surface area contributed by atoms with Crippen LogP contribution >= 0.6 is 15.6 Å². The van der Waals surface area contributed by atoms with Crippen molar-refractivity contribution in [3.8, 4) is 0 Å². The van der Waals surface area contributed by atoms with Crippen LogP contribution < -0.4 is 0 Å². The van der Waals surface area contributed by atoms with Gasteiger partial charge in [-0.05, 0) is 161 Å². The highest BCUT2D eigenvalue weighted by Crippen LogP contribution is 2.45. The van der Waals surface area contributed by atoms with Crippen molar-refractivity contribution in [1.29, 1.82) is 0 Å². The van der Waals surface area contributed by atoms with Crippen molar-refractivity contribution in [3.05, 3.63) is 182 Å². The molecule has 0 amide bonds. The highest BCUT2D eigenvalue weighted by Gasteiger charge is 2.30. The van der Waals surface area contributed by atoms with Crippen molar-refractivity contribution in [2.24, 2.45) is 0 Å². The summed E-state index contributed by atoms with van der Waals surface area (Å²) in [6, 6.07) is 0. The zero-order valence-corrected chi connectivity index (χ0v) is 81.0. The van der Waals surface area contributed by atoms with Crippen LogP contribution in [0.5, 0.6) is 0 Å². The van der Waals surface area contributed by atoms with E-state index >= 15 is 0 Å². The lowest BCUT2D eigenvalue weighted by atomic mass is 10.0. The fourth-order valence-electron chi connectivity index (χ4n) is 13.6. The average molecular weight is 1790 g/mol. The zero-order valence-electron chi connectivity index (χ0n) is 79.2. The lowest BCUT2D eigenvalue weighted by Gasteiger charge is -2.21. The normalized spacial score (nSPS) is 14.5. The Kier molecular flexibility index (Phi) is 93.5. The molecule has 0 radical (unpaired) electrons. The Labute approximate surface area is 764 Å². The molecule has 0 saturated heterocycles. The molecule has 0 bridgehead atoms. The molecule has 18 heteroatoms. The number of aliphatic hydroxyl groups is 2. The molecule has 0 heterocycles. The molecular formula is C107H182O16P2. The highest BCUT2D eigenvalue weighted by molar-refractivity contribution is 7.47. The van der Waals surface area contributed by atoms with Crippen LogP contribution in [0.25, 0.3) is 0 Å². The second-order valence-electron chi connectivity index (χ2n) is 33.2. The Morgan fingerprint density at radius 3 is 0.672 bits per heavy atom. The van der Waals surface area contributed by atoms with Crippen LogP contribution in [0.2, 0.25) is 0 Å². The fraction of sp³-hybridized carbons (Fsp3) is 0.692. The minimum Gasteiger partial charge on any atom is -0.463 e. The Hall–Kier alpha value is -5.35. The third kappa shape index (κ3) is 99.1. The number of hydrogen-bond donors (Lipinski definition) is 4. The second-order valence-corrected chi connectivity index (χ2v) is 36.1. The average Bonchev–Trinajstić information content (AvgIpc) is 0.898. The van der Waals surface area contributed by atoms with Crippen molar-refractivity contribution in [3.63, 3.8) is 0 Å². The predicted molar refractivity (Wildman–Crippen MR) is 528 cm³/mol. The van der Waals surface area contributed by atoms with Crippen LogP contribution in [0.3, 0.4) is 0 Å². The highest BCUT2D eigenvalue weighted by atomic mass is 31.2. The van der Waals surface area contributed by atoms with E-state index < -0.39 is 91.5 Å². The molecule has 716 valence electrons. The fourth-order valence-corrected chi connectivity index (χ4v) is 15.2. The van der Waals surface area contributed by atoms with Gasteiger partial charge in [-0.3, -0.25) is 32.5 Å². The molecule has 16 nitrogen and oxygen atoms in total. The quantitative estimate of drug-likeness (QED) is 0.0146. The van der Waals surface area contributed by atoms with Crippen molar-refractivity contribution in [2.75, 3.05) is 39.6 Å². The molecule has 0 aromatic carbocycles. The standard InChI is InChI=1S/C107H182O16P2/c1-4-7-10-13-16-19-22-25-28-31-34-37-40-43-46-48-49-50-51-53-56-57-60-63-66-69-72-75-78-81-84-87-90-93-105(110)117-96-102(108)97-119-124(113,114)120-98-103(109)99-121-125(115,116)122-101-104(123-107(112)95-92-89-86-83-80-77-74-71-68-65-62-59-54-45-42-39-36-33-30-27-24-21-18-15-12-9-6-3)100-118-106(111)94-91-88-85-82-79-76-73-70-67-64-61-58-55-52-47-44-41-38-35-32-29-26-23-20-17-14-11-8-5-2/h8-9,11-12,16-21,25-30,34-39,43-47,54-55,58,102-104,108-109H,4-7,10,13-15,22-24,31-33,40-42,48-53,56-57,59-101H2,1-3H3,(H,113,114)(H,115,116)/b11-8-,12-9-,19-16-,20-17-,21-18-,28-25-,29-26-,30-27-,37-34-,38-35-,39-36-,46-43-,47-44-,54-45-,58-55-. The van der Waals surface area contributed by atoms with E-state index in [2.05, 4.69) is 203 Å². The van der Waals surface area contributed by atoms with Gasteiger partial charge in [0.1, 0.15) is 25.4 Å². The zero-order chi connectivity index (χ0) is 90.7. The Balaban J connectivity index is 4.62. The monoisotopic (exact) mass is 1790 g/mol. The maximum absolute atomic E-state index is 13.1. The van der Waals surface area contributed by atoms with Gasteiger partial charge in [-0.15, -0.1) is 0 Å². The van der Waals surface area contributed by atoms with Gasteiger partial charge in [0.25, 0.3) is 0 Å². The Morgan fingerprint density at radius 1 is 0.232 bits per heavy atom. The van der Waals surface area contributed by atoms with Crippen molar-refractivity contribution in [1.82, 2.24) is 0 Å². The van der Waals surface area contributed by atoms with Crippen LogP contribution in [-0.2, 0) is 55.8 Å². The number of phosphoric acid groups is 2. The number of esters is 3. The van der Waals surface area contributed by atoms with Gasteiger partial charge in [0.05, 0.1) is 26.4 Å². The largest absolute Gasteiger partial charge is 0.472 e. The molecule has 0 aromatic rings. The third-order valence-electron chi connectivity index (χ3n) is 21.1. The first kappa shape index (κ1) is 120. The van der Waals surface area contributed by atoms with E-state index in [0.29, 0.717) is 19.3 Å². The van der Waals surface area contributed by atoms with E-state index in [0.717, 1.165) is 173 Å². The summed E-state index contributed by atoms with van der Waals surface area (Å²) in [5.74, 6) is -1.57. The molecule has 125 heavy (non-hydrogen) atoms. The number of phosphoric ester groups is 2. The van der Waals surface area contributed by atoms with Gasteiger partial charge >= 0.3 is 33.6 Å². The third-order valence-corrected chi connectivity index (χ3v) is 23.0. The molecule has 0 aliphatic heterocycles. The molecule has 0 rings (SSSR count). The summed E-state index contributed by atoms with van der Waals surface area (Å²) in [5.41, 5.74) is 0. The molecule has 0 fully saturated rings. The van der Waals surface area contributed by atoms with Gasteiger partial charge in [-0.2, -0.15) is 0 Å². The van der Waals surface area contributed by atoms with Crippen LogP contribution in [0.1, 0.15) is 419 Å². The van der Waals surface area contributed by atoms with Crippen LogP contribution in [0, 0.1) is 0 Å². The van der Waals surface area contributed by atoms with E-state index in [1.807, 2.05) is 0 Å². The summed E-state index contributed by atoms with van der Waals surface area (Å²) in [6.45, 7) is 2.48. The smallest absolute Gasteiger partial charge is 0.463 e. The minimum absolute atomic E-state index is 0.0944. The predicted octanol–water partition coefficient (Wildman–Crippen LogP) is 31.6. The molecule has 0 spiro atoms. The molecule has 5 unspecified atom stereocenters. The van der Waals surface area contributed by atoms with Crippen LogP contribution in [0.4, 0.5) is 0 Å². The van der Waals surface area contributed by atoms with Crippen molar-refractivity contribution < 1.29 is 75.8 Å². The number of aliphatic hydroxyl groups excluding tert-OH is 2. The lowest BCUT2D eigenvalue weighted by molar-refractivity contribution is -0.161. The summed E-state index contributed by atoms with van der Waals surface area (Å²) in [6.07, 6.45) is 129. The van der Waals surface area contributed by atoms with E-state index in [4.69, 9.17) is 32.3 Å². The summed E-state index contributed by atoms with van der Waals surface area (Å²) < 4.78 is 61.7. The second kappa shape index (κ2) is 97.7. The number of allylic oxidation sites excluding steroid dienone is 30. The summed E-state index contributed by atoms with van der Waals surface area (Å²) in [4.78, 5) is 59.2. The number of carbonyl (C=O) groups is 3. The van der Waals surface area contributed by atoms with Gasteiger partial charge in [-0.25, -0.2) is 9.13 Å². The van der Waals surface area contributed by atoms with Gasteiger partial charge < -0.3 is 34.2 Å². The summed E-state index contributed by atoms with van der Waals surface area (Å²) >= 11 is 0. The van der Waals surface area contributed by atoms with Gasteiger partial charge in [0, 0.05) is 19.3 Å². The summed E-state index contributed by atoms with van der Waals surface area (Å²) in [5, 5.41) is 20.8. The Morgan fingerprint density at radius 2 is 0.424 bits per heavy atom. The molecule has 0 saturated carbocycles. The van der Waals surface area contributed by atoms with E-state index in [1.165, 1.54) is 186 Å². The lowest BCUT2D eigenvalue weighted by Crippen LogP contribution is -2.30. The Bertz CT molecular complexity index is 3000. The maximum atomic E-state index is 13.1. The first-order valence-corrected chi connectivity index (χ1v) is 53.1. The van der Waals surface area contributed by atoms with Crippen LogP contribution in [-0.4, -0.2) is 95.9 Å². The number of unbranched alkanes of at least 4 members (excludes halogenated alkanes) is 41. The van der Waals surface area contributed by atoms with E-state index in [-0.39, 0.29) is 19.3 Å². The first-order valence-electron chi connectivity index (χ1n) is 50.1. The number of carbonyl (C=O) groups excluding carboxylic acids is 3. The summed E-state index contributed by atoms with van der Waals surface area (Å²) in [7, 11) is -9.82. The number of rotatable bonds is 94. The minimum atomic E-state index is -4.95. The topological polar surface area (TPSA) is 231 Å². The van der Waals surface area contributed by atoms with E-state index in [9.17, 15) is 43.5 Å². The van der Waals surface area contributed by atoms with Crippen molar-refractivity contribution in [2.45, 2.75) is 437 Å². The van der Waals surface area contributed by atoms with Crippen LogP contribution in [0.15, 0.2) is 182 Å². The molecule has 4 N–H and O–H groups in total. The van der Waals surface area contributed by atoms with Crippen molar-refractivity contribution >= 4 is 33.6 Å². The molecule has 0 aromatic heterocycles. The molecule has 0 aliphatic rings. The van der Waals surface area contributed by atoms with E-state index in [1.54, 1.807) is 0 Å². The van der Waals surface area contributed by atoms with Gasteiger partial charge in [0.2, 0.25) is 0 Å². The maximum Gasteiger partial charge on any atom is 0.472 e. The number of hydrogen-bond acceptors (Lipinski definition) is 14. The van der Waals surface area contributed by atoms with Gasteiger partial charge in [-0.1, -0.05) is 421 Å². The molecule has 5 atom stereocenters. The first-order chi connectivity index (χ1) is 61.2. The van der Waals surface area contributed by atoms with Gasteiger partial charge in [0.15, 0.2) is 6.10 Å². The number of ether oxygens (including phenoxy) is 3. The molecular weight excluding hydrogens is 1600 g/mol. The SMILES string of the molecule is CC/C=C\C/C=C\C/C=C\C/C=C\C/C=C\C/C=C\CCCCCCCCCCCCC(=O)OCC(COP(=O)(O)OCC(O)COP(=O)(O)OCC(O)COC(=O)CCCCCCCCCCCCCCCCCCC/C=C\C/C=C\C/C=C\C/C=C\CCCCC)OC(=O)CCCCCCCCCCCCC/C=C\C/C=C\C/C=C\C/C=C\C/C=C\CC.